The molecule has 0 heterocycles. The highest BCUT2D eigenvalue weighted by Crippen LogP contribution is 2.40. The van der Waals surface area contributed by atoms with Crippen LogP contribution in [0, 0.1) is 0 Å². The maximum Gasteiger partial charge on any atom is 0.261 e. The fourth-order valence-corrected chi connectivity index (χ4v) is 9.11. The third kappa shape index (κ3) is 3.90. The molecule has 1 unspecified atom stereocenters. The van der Waals surface area contributed by atoms with Gasteiger partial charge in [-0.15, -0.1) is 0 Å². The number of aliphatic hydroxyl groups is 2. The van der Waals surface area contributed by atoms with E-state index >= 15 is 0 Å². The Morgan fingerprint density at radius 1 is 0.926 bits per heavy atom. The molecule has 0 aliphatic heterocycles. The Morgan fingerprint density at radius 2 is 1.41 bits per heavy atom. The molecule has 0 aromatic heterocycles. The van der Waals surface area contributed by atoms with Crippen molar-refractivity contribution in [2.24, 2.45) is 0 Å². The van der Waals surface area contributed by atoms with Gasteiger partial charge in [0.2, 0.25) is 0 Å². The lowest BCUT2D eigenvalue weighted by molar-refractivity contribution is -0.113. The minimum atomic E-state index is -2.61. The van der Waals surface area contributed by atoms with E-state index in [1.807, 2.05) is 12.1 Å². The molecule has 1 aliphatic carbocycles. The van der Waals surface area contributed by atoms with E-state index in [1.165, 1.54) is 10.4 Å². The Bertz CT molecular complexity index is 698. The minimum absolute atomic E-state index is 0.0743. The van der Waals surface area contributed by atoms with Crippen LogP contribution in [-0.4, -0.2) is 36.3 Å². The molecule has 0 spiro atoms. The van der Waals surface area contributed by atoms with Gasteiger partial charge >= 0.3 is 0 Å². The van der Waals surface area contributed by atoms with Crippen LogP contribution in [0.15, 0.2) is 60.7 Å². The lowest BCUT2D eigenvalue weighted by atomic mass is 9.82. The summed E-state index contributed by atoms with van der Waals surface area (Å²) < 4.78 is 7.07. The molecule has 0 radical (unpaired) electrons. The summed E-state index contributed by atoms with van der Waals surface area (Å²) in [7, 11) is -2.61. The molecule has 2 N–H and O–H groups in total. The van der Waals surface area contributed by atoms with Gasteiger partial charge in [0.05, 0.1) is 11.7 Å². The van der Waals surface area contributed by atoms with E-state index in [0.717, 1.165) is 6.42 Å². The molecule has 4 heteroatoms. The molecule has 0 bridgehead atoms. The maximum absolute atomic E-state index is 10.6. The molecule has 3 atom stereocenters. The van der Waals surface area contributed by atoms with Gasteiger partial charge in [-0.1, -0.05) is 81.4 Å². The van der Waals surface area contributed by atoms with Gasteiger partial charge in [0, 0.05) is 12.5 Å². The first-order chi connectivity index (χ1) is 12.7. The van der Waals surface area contributed by atoms with Gasteiger partial charge in [0.25, 0.3) is 8.32 Å². The number of hydrogen-bond donors (Lipinski definition) is 2. The first kappa shape index (κ1) is 20.3. The van der Waals surface area contributed by atoms with Crippen LogP contribution in [0.4, 0.5) is 0 Å². The molecular formula is C23H32O3Si. The molecule has 0 saturated heterocycles. The maximum atomic E-state index is 10.6. The van der Waals surface area contributed by atoms with Crippen molar-refractivity contribution in [3.63, 3.8) is 0 Å². The summed E-state index contributed by atoms with van der Waals surface area (Å²) in [6, 6.07) is 21.1. The molecule has 27 heavy (non-hydrogen) atoms. The second kappa shape index (κ2) is 7.51. The van der Waals surface area contributed by atoms with Crippen molar-refractivity contribution in [1.82, 2.24) is 0 Å². The van der Waals surface area contributed by atoms with Gasteiger partial charge in [-0.2, -0.15) is 0 Å². The molecule has 1 fully saturated rings. The molecule has 3 nitrogen and oxygen atoms in total. The summed E-state index contributed by atoms with van der Waals surface area (Å²) in [5, 5.41) is 23.2. The van der Waals surface area contributed by atoms with Crippen LogP contribution in [0.25, 0.3) is 0 Å². The van der Waals surface area contributed by atoms with Crippen LogP contribution in [0.5, 0.6) is 0 Å². The normalized spacial score (nSPS) is 26.7. The van der Waals surface area contributed by atoms with E-state index in [4.69, 9.17) is 4.43 Å². The van der Waals surface area contributed by atoms with E-state index in [0.29, 0.717) is 12.8 Å². The second-order valence-corrected chi connectivity index (χ2v) is 13.3. The summed E-state index contributed by atoms with van der Waals surface area (Å²) in [6.07, 6.45) is 1.03. The van der Waals surface area contributed by atoms with Crippen LogP contribution in [0.2, 0.25) is 5.04 Å². The number of hydrogen-bond acceptors (Lipinski definition) is 3. The fourth-order valence-electron chi connectivity index (χ4n) is 4.40. The van der Waals surface area contributed by atoms with E-state index < -0.39 is 20.0 Å². The van der Waals surface area contributed by atoms with E-state index in [-0.39, 0.29) is 11.1 Å². The Balaban J connectivity index is 2.10. The molecule has 2 aromatic rings. The molecule has 1 saturated carbocycles. The molecule has 146 valence electrons. The Hall–Kier alpha value is -1.46. The number of rotatable bonds is 4. The zero-order valence-electron chi connectivity index (χ0n) is 16.9. The Labute approximate surface area is 164 Å². The summed E-state index contributed by atoms with van der Waals surface area (Å²) in [5.41, 5.74) is -1.10. The van der Waals surface area contributed by atoms with Crippen LogP contribution < -0.4 is 10.4 Å². The smallest absolute Gasteiger partial charge is 0.261 e. The molecule has 0 amide bonds. The Morgan fingerprint density at radius 3 is 1.81 bits per heavy atom. The van der Waals surface area contributed by atoms with Crippen molar-refractivity contribution < 1.29 is 14.6 Å². The van der Waals surface area contributed by atoms with Gasteiger partial charge in [-0.3, -0.25) is 0 Å². The van der Waals surface area contributed by atoms with Crippen LogP contribution in [0.3, 0.4) is 0 Å². The largest absolute Gasteiger partial charge is 0.404 e. The zero-order valence-corrected chi connectivity index (χ0v) is 17.9. The Kier molecular flexibility index (Phi) is 5.64. The van der Waals surface area contributed by atoms with E-state index in [9.17, 15) is 10.2 Å². The predicted molar refractivity (Wildman–Crippen MR) is 113 cm³/mol. The van der Waals surface area contributed by atoms with Gasteiger partial charge in [-0.25, -0.2) is 0 Å². The van der Waals surface area contributed by atoms with Gasteiger partial charge in [-0.05, 0) is 35.2 Å². The highest BCUT2D eigenvalue weighted by atomic mass is 28.4. The first-order valence-corrected chi connectivity index (χ1v) is 11.8. The van der Waals surface area contributed by atoms with Gasteiger partial charge in [0.15, 0.2) is 0 Å². The van der Waals surface area contributed by atoms with E-state index in [1.54, 1.807) is 6.92 Å². The molecular weight excluding hydrogens is 352 g/mol. The topological polar surface area (TPSA) is 49.7 Å². The molecule has 3 rings (SSSR count). The average molecular weight is 385 g/mol. The molecule has 1 aliphatic rings. The summed E-state index contributed by atoms with van der Waals surface area (Å²) in [4.78, 5) is 0. The lowest BCUT2D eigenvalue weighted by Crippen LogP contribution is -2.68. The summed E-state index contributed by atoms with van der Waals surface area (Å²) in [6.45, 7) is 8.50. The first-order valence-electron chi connectivity index (χ1n) is 9.86. The van der Waals surface area contributed by atoms with Crippen LogP contribution >= 0.6 is 0 Å². The zero-order chi connectivity index (χ0) is 19.7. The van der Waals surface area contributed by atoms with E-state index in [2.05, 4.69) is 69.3 Å². The molecule has 2 aromatic carbocycles. The summed E-state index contributed by atoms with van der Waals surface area (Å²) in [5.74, 6) is 0. The quantitative estimate of drug-likeness (QED) is 0.796. The highest BCUT2D eigenvalue weighted by Gasteiger charge is 2.52. The number of aliphatic hydroxyl groups excluding tert-OH is 1. The number of benzene rings is 2. The predicted octanol–water partition coefficient (Wildman–Crippen LogP) is 3.23. The van der Waals surface area contributed by atoms with Gasteiger partial charge < -0.3 is 14.6 Å². The van der Waals surface area contributed by atoms with Crippen molar-refractivity contribution in [2.45, 2.75) is 69.8 Å². The lowest BCUT2D eigenvalue weighted by Gasteiger charge is -2.48. The van der Waals surface area contributed by atoms with Gasteiger partial charge in [0.1, 0.15) is 0 Å². The SMILES string of the molecule is CC(C)(C)[Si](OC1CC[C@H](O)[C@](C)(O)C1)(c1ccccc1)c1ccccc1. The van der Waals surface area contributed by atoms with Crippen molar-refractivity contribution >= 4 is 18.7 Å². The fraction of sp³-hybridized carbons (Fsp3) is 0.478. The third-order valence-corrected chi connectivity index (χ3v) is 11.0. The van der Waals surface area contributed by atoms with Crippen LogP contribution in [0.1, 0.15) is 47.0 Å². The minimum Gasteiger partial charge on any atom is -0.404 e. The third-order valence-electron chi connectivity index (χ3n) is 5.88. The van der Waals surface area contributed by atoms with Crippen LogP contribution in [-0.2, 0) is 4.43 Å². The standard InChI is InChI=1S/C23H32O3Si/c1-22(2,3)27(19-11-7-5-8-12-19,20-13-9-6-10-14-20)26-18-15-16-21(24)23(4,25)17-18/h5-14,18,21,24-25H,15-17H2,1-4H3/t18?,21-,23+/m0/s1. The summed E-state index contributed by atoms with van der Waals surface area (Å²) >= 11 is 0. The highest BCUT2D eigenvalue weighted by molar-refractivity contribution is 6.99. The van der Waals surface area contributed by atoms with Crippen molar-refractivity contribution in [1.29, 1.82) is 0 Å². The average Bonchev–Trinajstić information content (AvgIpc) is 2.63. The van der Waals surface area contributed by atoms with Crippen molar-refractivity contribution in [2.75, 3.05) is 0 Å². The second-order valence-electron chi connectivity index (χ2n) is 9.06. The van der Waals surface area contributed by atoms with Crippen molar-refractivity contribution in [3.05, 3.63) is 60.7 Å². The van der Waals surface area contributed by atoms with Crippen molar-refractivity contribution in [3.8, 4) is 0 Å². The monoisotopic (exact) mass is 384 g/mol.